The molecule has 0 heterocycles. The van der Waals surface area contributed by atoms with Gasteiger partial charge in [0.2, 0.25) is 0 Å². The van der Waals surface area contributed by atoms with Gasteiger partial charge < -0.3 is 24.1 Å². The number of hydrogen-bond acceptors (Lipinski definition) is 5. The van der Waals surface area contributed by atoms with Crippen molar-refractivity contribution < 1.29 is 24.1 Å². The highest BCUT2D eigenvalue weighted by molar-refractivity contribution is 5.38. The molecule has 1 N–H and O–H groups in total. The van der Waals surface area contributed by atoms with E-state index in [0.29, 0.717) is 45.4 Å². The monoisotopic (exact) mass is 298 g/mol. The molecule has 0 radical (unpaired) electrons. The van der Waals surface area contributed by atoms with E-state index in [1.54, 1.807) is 14.0 Å². The lowest BCUT2D eigenvalue weighted by molar-refractivity contribution is 0.0177. The molecule has 1 atom stereocenters. The Balaban J connectivity index is 2.19. The highest BCUT2D eigenvalue weighted by Gasteiger charge is 2.09. The lowest BCUT2D eigenvalue weighted by Crippen LogP contribution is -2.13. The Morgan fingerprint density at radius 3 is 2.24 bits per heavy atom. The van der Waals surface area contributed by atoms with Gasteiger partial charge in [0.05, 0.1) is 39.1 Å². The number of benzene rings is 1. The Labute approximate surface area is 126 Å². The van der Waals surface area contributed by atoms with Gasteiger partial charge in [-0.3, -0.25) is 0 Å². The fraction of sp³-hybridized carbons (Fsp3) is 0.625. The van der Waals surface area contributed by atoms with Gasteiger partial charge in [0.25, 0.3) is 0 Å². The van der Waals surface area contributed by atoms with Crippen LogP contribution in [0.5, 0.6) is 5.75 Å². The van der Waals surface area contributed by atoms with Gasteiger partial charge in [-0.25, -0.2) is 0 Å². The molecule has 0 fully saturated rings. The van der Waals surface area contributed by atoms with Crippen molar-refractivity contribution >= 4 is 0 Å². The van der Waals surface area contributed by atoms with Crippen LogP contribution in [0.4, 0.5) is 0 Å². The Hall–Kier alpha value is -1.14. The van der Waals surface area contributed by atoms with Crippen LogP contribution in [0.1, 0.15) is 24.2 Å². The third kappa shape index (κ3) is 7.43. The Morgan fingerprint density at radius 2 is 1.62 bits per heavy atom. The van der Waals surface area contributed by atoms with Gasteiger partial charge in [0, 0.05) is 12.7 Å². The molecule has 0 unspecified atom stereocenters. The van der Waals surface area contributed by atoms with Crippen molar-refractivity contribution in [3.05, 3.63) is 29.3 Å². The number of ether oxygens (including phenoxy) is 4. The fourth-order valence-electron chi connectivity index (χ4n) is 1.79. The normalized spacial score (nSPS) is 12.4. The summed E-state index contributed by atoms with van der Waals surface area (Å²) in [6, 6.07) is 5.78. The molecule has 0 aliphatic rings. The molecule has 5 nitrogen and oxygen atoms in total. The van der Waals surface area contributed by atoms with E-state index < -0.39 is 6.10 Å². The zero-order chi connectivity index (χ0) is 15.5. The smallest absolute Gasteiger partial charge is 0.125 e. The van der Waals surface area contributed by atoms with E-state index in [0.717, 1.165) is 11.1 Å². The van der Waals surface area contributed by atoms with Crippen LogP contribution in [-0.4, -0.2) is 51.9 Å². The van der Waals surface area contributed by atoms with E-state index in [4.69, 9.17) is 18.9 Å². The van der Waals surface area contributed by atoms with Crippen LogP contribution in [-0.2, 0) is 14.2 Å². The molecule has 5 heteroatoms. The van der Waals surface area contributed by atoms with Crippen LogP contribution in [0.2, 0.25) is 0 Å². The van der Waals surface area contributed by atoms with Crippen molar-refractivity contribution in [2.24, 2.45) is 0 Å². The molecule has 1 aromatic carbocycles. The minimum atomic E-state index is -0.546. The number of aliphatic hydroxyl groups is 1. The highest BCUT2D eigenvalue weighted by Crippen LogP contribution is 2.26. The summed E-state index contributed by atoms with van der Waals surface area (Å²) in [5.74, 6) is 0.713. The number of methoxy groups -OCH3 is 1. The maximum atomic E-state index is 9.70. The van der Waals surface area contributed by atoms with Crippen molar-refractivity contribution in [3.8, 4) is 5.75 Å². The number of aliphatic hydroxyl groups excluding tert-OH is 1. The van der Waals surface area contributed by atoms with Crippen molar-refractivity contribution in [1.29, 1.82) is 0 Å². The van der Waals surface area contributed by atoms with Crippen molar-refractivity contribution in [2.45, 2.75) is 20.0 Å². The van der Waals surface area contributed by atoms with E-state index in [1.165, 1.54) is 0 Å². The lowest BCUT2D eigenvalue weighted by atomic mass is 10.1. The van der Waals surface area contributed by atoms with Crippen LogP contribution in [0.25, 0.3) is 0 Å². The summed E-state index contributed by atoms with van der Waals surface area (Å²) in [7, 11) is 1.64. The molecule has 1 aromatic rings. The van der Waals surface area contributed by atoms with E-state index >= 15 is 0 Å². The fourth-order valence-corrected chi connectivity index (χ4v) is 1.79. The lowest BCUT2D eigenvalue weighted by Gasteiger charge is -2.14. The molecule has 0 saturated carbocycles. The van der Waals surface area contributed by atoms with Gasteiger partial charge in [-0.2, -0.15) is 0 Å². The molecule has 21 heavy (non-hydrogen) atoms. The maximum absolute atomic E-state index is 9.70. The largest absolute Gasteiger partial charge is 0.491 e. The zero-order valence-corrected chi connectivity index (χ0v) is 13.1. The summed E-state index contributed by atoms with van der Waals surface area (Å²) in [4.78, 5) is 0. The average molecular weight is 298 g/mol. The second kappa shape index (κ2) is 10.6. The quantitative estimate of drug-likeness (QED) is 0.634. The summed E-state index contributed by atoms with van der Waals surface area (Å²) in [6.45, 7) is 6.91. The van der Waals surface area contributed by atoms with Gasteiger partial charge in [-0.1, -0.05) is 12.1 Å². The molecule has 1 rings (SSSR count). The first-order valence-corrected chi connectivity index (χ1v) is 7.21. The second-order valence-corrected chi connectivity index (χ2v) is 4.78. The highest BCUT2D eigenvalue weighted by atomic mass is 16.6. The zero-order valence-electron chi connectivity index (χ0n) is 13.1. The average Bonchev–Trinajstić information content (AvgIpc) is 2.45. The first-order valence-electron chi connectivity index (χ1n) is 7.21. The van der Waals surface area contributed by atoms with E-state index in [2.05, 4.69) is 0 Å². The molecule has 0 bridgehead atoms. The van der Waals surface area contributed by atoms with Crippen LogP contribution >= 0.6 is 0 Å². The van der Waals surface area contributed by atoms with Gasteiger partial charge in [0.1, 0.15) is 12.4 Å². The van der Waals surface area contributed by atoms with E-state index in [-0.39, 0.29) is 0 Å². The van der Waals surface area contributed by atoms with Gasteiger partial charge in [-0.05, 0) is 25.5 Å². The predicted octanol–water partition coefficient (Wildman–Crippen LogP) is 2.11. The number of hydrogen-bond donors (Lipinski definition) is 1. The predicted molar refractivity (Wildman–Crippen MR) is 80.8 cm³/mol. The molecule has 0 spiro atoms. The summed E-state index contributed by atoms with van der Waals surface area (Å²) in [6.07, 6.45) is -0.546. The van der Waals surface area contributed by atoms with E-state index in [1.807, 2.05) is 25.1 Å². The molecular weight excluding hydrogens is 272 g/mol. The summed E-state index contributed by atoms with van der Waals surface area (Å²) in [5, 5.41) is 9.70. The second-order valence-electron chi connectivity index (χ2n) is 4.78. The molecule has 0 aliphatic carbocycles. The molecule has 120 valence electrons. The van der Waals surface area contributed by atoms with Gasteiger partial charge in [-0.15, -0.1) is 0 Å². The standard InChI is InChI=1S/C16H26O5/c1-13-4-5-15(14(2)17)16(12-13)21-11-10-20-9-8-19-7-6-18-3/h4-5,12,14,17H,6-11H2,1-3H3/t14-/m0/s1. The third-order valence-electron chi connectivity index (χ3n) is 2.91. The van der Waals surface area contributed by atoms with Gasteiger partial charge in [0.15, 0.2) is 0 Å². The van der Waals surface area contributed by atoms with E-state index in [9.17, 15) is 5.11 Å². The van der Waals surface area contributed by atoms with Crippen LogP contribution in [0.3, 0.4) is 0 Å². The molecule has 0 amide bonds. The summed E-state index contributed by atoms with van der Waals surface area (Å²) in [5.41, 5.74) is 1.89. The van der Waals surface area contributed by atoms with Crippen molar-refractivity contribution in [3.63, 3.8) is 0 Å². The van der Waals surface area contributed by atoms with Crippen molar-refractivity contribution in [2.75, 3.05) is 46.8 Å². The topological polar surface area (TPSA) is 57.2 Å². The van der Waals surface area contributed by atoms with Crippen molar-refractivity contribution in [1.82, 2.24) is 0 Å². The van der Waals surface area contributed by atoms with Crippen LogP contribution in [0, 0.1) is 6.92 Å². The number of rotatable bonds is 11. The Morgan fingerprint density at radius 1 is 1.00 bits per heavy atom. The first kappa shape index (κ1) is 17.9. The van der Waals surface area contributed by atoms with Gasteiger partial charge >= 0.3 is 0 Å². The minimum absolute atomic E-state index is 0.446. The first-order chi connectivity index (χ1) is 10.1. The summed E-state index contributed by atoms with van der Waals surface area (Å²) < 4.78 is 21.2. The van der Waals surface area contributed by atoms with Crippen LogP contribution in [0.15, 0.2) is 18.2 Å². The third-order valence-corrected chi connectivity index (χ3v) is 2.91. The molecular formula is C16H26O5. The molecule has 0 aromatic heterocycles. The SMILES string of the molecule is COCCOCCOCCOc1cc(C)ccc1[C@H](C)O. The molecule has 0 saturated heterocycles. The number of aryl methyl sites for hydroxylation is 1. The van der Waals surface area contributed by atoms with Crippen LogP contribution < -0.4 is 4.74 Å². The Kier molecular flexibility index (Phi) is 9.01. The summed E-state index contributed by atoms with van der Waals surface area (Å²) >= 11 is 0. The molecule has 0 aliphatic heterocycles. The minimum Gasteiger partial charge on any atom is -0.491 e. The maximum Gasteiger partial charge on any atom is 0.125 e. The Bertz CT molecular complexity index is 392.